The summed E-state index contributed by atoms with van der Waals surface area (Å²) in [5.74, 6) is -0.167. The lowest BCUT2D eigenvalue weighted by molar-refractivity contribution is 0.0631. The van der Waals surface area contributed by atoms with Crippen molar-refractivity contribution in [2.24, 2.45) is 7.05 Å². The molecule has 1 atom stereocenters. The van der Waals surface area contributed by atoms with Crippen LogP contribution in [-0.2, 0) is 7.05 Å². The Labute approximate surface area is 110 Å². The van der Waals surface area contributed by atoms with E-state index in [0.717, 1.165) is 17.3 Å². The SMILES string of the molecule is Cn1nc(C(=O)N2CCCC(F)C2)c2ccccc21. The Morgan fingerprint density at radius 1 is 1.42 bits per heavy atom. The van der Waals surface area contributed by atoms with Gasteiger partial charge in [0.2, 0.25) is 0 Å². The summed E-state index contributed by atoms with van der Waals surface area (Å²) in [7, 11) is 1.81. The molecule has 1 unspecified atom stereocenters. The minimum Gasteiger partial charge on any atom is -0.334 e. The van der Waals surface area contributed by atoms with Crippen LogP contribution < -0.4 is 0 Å². The zero-order chi connectivity index (χ0) is 13.4. The zero-order valence-electron chi connectivity index (χ0n) is 10.8. The Bertz CT molecular complexity index is 622. The van der Waals surface area contributed by atoms with Crippen LogP contribution in [0, 0.1) is 0 Å². The monoisotopic (exact) mass is 261 g/mol. The van der Waals surface area contributed by atoms with Crippen LogP contribution in [-0.4, -0.2) is 39.8 Å². The normalized spacial score (nSPS) is 19.9. The molecule has 2 heterocycles. The first-order valence-corrected chi connectivity index (χ1v) is 6.52. The first-order chi connectivity index (χ1) is 9.16. The molecule has 0 aliphatic carbocycles. The number of aryl methyl sites for hydroxylation is 1. The largest absolute Gasteiger partial charge is 0.334 e. The number of nitrogens with zero attached hydrogens (tertiary/aromatic N) is 3. The molecule has 1 saturated heterocycles. The topological polar surface area (TPSA) is 38.1 Å². The first kappa shape index (κ1) is 12.1. The van der Waals surface area contributed by atoms with Gasteiger partial charge >= 0.3 is 0 Å². The van der Waals surface area contributed by atoms with E-state index in [0.29, 0.717) is 18.7 Å². The zero-order valence-corrected chi connectivity index (χ0v) is 10.8. The number of hydrogen-bond donors (Lipinski definition) is 0. The molecule has 1 aliphatic rings. The molecule has 2 aromatic rings. The summed E-state index contributed by atoms with van der Waals surface area (Å²) >= 11 is 0. The molecule has 0 N–H and O–H groups in total. The van der Waals surface area contributed by atoms with Crippen molar-refractivity contribution >= 4 is 16.8 Å². The summed E-state index contributed by atoms with van der Waals surface area (Å²) in [4.78, 5) is 14.0. The third kappa shape index (κ3) is 2.09. The lowest BCUT2D eigenvalue weighted by Gasteiger charge is -2.28. The fourth-order valence-corrected chi connectivity index (χ4v) is 2.63. The fourth-order valence-electron chi connectivity index (χ4n) is 2.63. The van der Waals surface area contributed by atoms with E-state index < -0.39 is 6.17 Å². The molecule has 19 heavy (non-hydrogen) atoms. The van der Waals surface area contributed by atoms with Crippen LogP contribution in [0.25, 0.3) is 10.9 Å². The quantitative estimate of drug-likeness (QED) is 0.789. The lowest BCUT2D eigenvalue weighted by Crippen LogP contribution is -2.41. The Morgan fingerprint density at radius 2 is 2.21 bits per heavy atom. The van der Waals surface area contributed by atoms with Gasteiger partial charge in [-0.2, -0.15) is 5.10 Å². The van der Waals surface area contributed by atoms with Crippen molar-refractivity contribution in [1.82, 2.24) is 14.7 Å². The summed E-state index contributed by atoms with van der Waals surface area (Å²) in [6.45, 7) is 0.799. The van der Waals surface area contributed by atoms with Crippen molar-refractivity contribution in [3.63, 3.8) is 0 Å². The smallest absolute Gasteiger partial charge is 0.275 e. The van der Waals surface area contributed by atoms with Gasteiger partial charge in [0.1, 0.15) is 6.17 Å². The summed E-state index contributed by atoms with van der Waals surface area (Å²) < 4.78 is 15.1. The highest BCUT2D eigenvalue weighted by molar-refractivity contribution is 6.04. The Morgan fingerprint density at radius 3 is 3.00 bits per heavy atom. The van der Waals surface area contributed by atoms with Gasteiger partial charge in [-0.05, 0) is 18.9 Å². The molecule has 0 bridgehead atoms. The summed E-state index contributed by atoms with van der Waals surface area (Å²) in [6, 6.07) is 7.60. The van der Waals surface area contributed by atoms with Crippen LogP contribution in [0.15, 0.2) is 24.3 Å². The Kier molecular flexibility index (Phi) is 2.97. The molecule has 100 valence electrons. The van der Waals surface area contributed by atoms with Crippen molar-refractivity contribution in [2.75, 3.05) is 13.1 Å². The number of aromatic nitrogens is 2. The number of halogens is 1. The number of rotatable bonds is 1. The molecule has 4 nitrogen and oxygen atoms in total. The number of fused-ring (bicyclic) bond motifs is 1. The number of carbonyl (C=O) groups excluding carboxylic acids is 1. The van der Waals surface area contributed by atoms with E-state index in [9.17, 15) is 9.18 Å². The van der Waals surface area contributed by atoms with Gasteiger partial charge in [0.25, 0.3) is 5.91 Å². The predicted octanol–water partition coefficient (Wildman–Crippen LogP) is 2.15. The molecule has 0 radical (unpaired) electrons. The Balaban J connectivity index is 1.97. The number of para-hydroxylation sites is 1. The third-order valence-electron chi connectivity index (χ3n) is 3.61. The van der Waals surface area contributed by atoms with Gasteiger partial charge in [0.15, 0.2) is 5.69 Å². The predicted molar refractivity (Wildman–Crippen MR) is 70.7 cm³/mol. The summed E-state index contributed by atoms with van der Waals surface area (Å²) in [5, 5.41) is 5.12. The van der Waals surface area contributed by atoms with Crippen molar-refractivity contribution in [3.8, 4) is 0 Å². The van der Waals surface area contributed by atoms with Crippen molar-refractivity contribution in [1.29, 1.82) is 0 Å². The minimum atomic E-state index is -0.910. The fraction of sp³-hybridized carbons (Fsp3) is 0.429. The number of carbonyl (C=O) groups is 1. The molecular formula is C14H16FN3O. The Hall–Kier alpha value is -1.91. The molecule has 3 rings (SSSR count). The van der Waals surface area contributed by atoms with E-state index in [4.69, 9.17) is 0 Å². The maximum atomic E-state index is 13.4. The van der Waals surface area contributed by atoms with Gasteiger partial charge in [-0.15, -0.1) is 0 Å². The van der Waals surface area contributed by atoms with E-state index in [2.05, 4.69) is 5.10 Å². The average Bonchev–Trinajstić information content (AvgIpc) is 2.76. The van der Waals surface area contributed by atoms with Gasteiger partial charge < -0.3 is 4.90 Å². The van der Waals surface area contributed by atoms with Gasteiger partial charge in [0.05, 0.1) is 12.1 Å². The molecule has 0 saturated carbocycles. The second-order valence-electron chi connectivity index (χ2n) is 4.98. The van der Waals surface area contributed by atoms with Crippen molar-refractivity contribution in [2.45, 2.75) is 19.0 Å². The van der Waals surface area contributed by atoms with E-state index in [1.807, 2.05) is 31.3 Å². The second-order valence-corrected chi connectivity index (χ2v) is 4.98. The van der Waals surface area contributed by atoms with Gasteiger partial charge in [-0.25, -0.2) is 4.39 Å². The summed E-state index contributed by atoms with van der Waals surface area (Å²) in [5.41, 5.74) is 1.34. The highest BCUT2D eigenvalue weighted by Gasteiger charge is 2.27. The van der Waals surface area contributed by atoms with Gasteiger partial charge in [-0.3, -0.25) is 9.48 Å². The maximum absolute atomic E-state index is 13.4. The molecule has 1 aromatic carbocycles. The maximum Gasteiger partial charge on any atom is 0.275 e. The number of amides is 1. The van der Waals surface area contributed by atoms with E-state index >= 15 is 0 Å². The van der Waals surface area contributed by atoms with Crippen LogP contribution >= 0.6 is 0 Å². The summed E-state index contributed by atoms with van der Waals surface area (Å²) in [6.07, 6.45) is 0.359. The van der Waals surface area contributed by atoms with E-state index in [-0.39, 0.29) is 12.5 Å². The van der Waals surface area contributed by atoms with E-state index in [1.54, 1.807) is 9.58 Å². The number of likely N-dealkylation sites (tertiary alicyclic amines) is 1. The third-order valence-corrected chi connectivity index (χ3v) is 3.61. The minimum absolute atomic E-state index is 0.167. The standard InChI is InChI=1S/C14H16FN3O/c1-17-12-7-3-2-6-11(12)13(16-17)14(19)18-8-4-5-10(15)9-18/h2-3,6-7,10H,4-5,8-9H2,1H3. The van der Waals surface area contributed by atoms with Crippen molar-refractivity contribution in [3.05, 3.63) is 30.0 Å². The van der Waals surface area contributed by atoms with Crippen LogP contribution in [0.5, 0.6) is 0 Å². The van der Waals surface area contributed by atoms with E-state index in [1.165, 1.54) is 0 Å². The van der Waals surface area contributed by atoms with Crippen LogP contribution in [0.3, 0.4) is 0 Å². The van der Waals surface area contributed by atoms with Gasteiger partial charge in [-0.1, -0.05) is 18.2 Å². The average molecular weight is 261 g/mol. The number of piperidine rings is 1. The van der Waals surface area contributed by atoms with Crippen LogP contribution in [0.1, 0.15) is 23.3 Å². The molecule has 1 fully saturated rings. The van der Waals surface area contributed by atoms with Crippen LogP contribution in [0.2, 0.25) is 0 Å². The number of alkyl halides is 1. The lowest BCUT2D eigenvalue weighted by atomic mass is 10.1. The molecule has 1 amide bonds. The molecule has 1 aromatic heterocycles. The highest BCUT2D eigenvalue weighted by atomic mass is 19.1. The highest BCUT2D eigenvalue weighted by Crippen LogP contribution is 2.21. The van der Waals surface area contributed by atoms with Crippen LogP contribution in [0.4, 0.5) is 4.39 Å². The molecular weight excluding hydrogens is 245 g/mol. The molecule has 1 aliphatic heterocycles. The molecule has 0 spiro atoms. The molecule has 5 heteroatoms. The van der Waals surface area contributed by atoms with Gasteiger partial charge in [0, 0.05) is 19.0 Å². The first-order valence-electron chi connectivity index (χ1n) is 6.52. The number of hydrogen-bond acceptors (Lipinski definition) is 2. The second kappa shape index (κ2) is 4.64. The number of benzene rings is 1. The van der Waals surface area contributed by atoms with Crippen molar-refractivity contribution < 1.29 is 9.18 Å².